The first-order valence-electron chi connectivity index (χ1n) is 7.84. The minimum absolute atomic E-state index is 0.266. The molecule has 0 atom stereocenters. The fraction of sp³-hybridized carbons (Fsp3) is 0.0952. The Balaban J connectivity index is 1.56. The van der Waals surface area contributed by atoms with Crippen LogP contribution in [-0.4, -0.2) is 5.97 Å². The van der Waals surface area contributed by atoms with Crippen molar-refractivity contribution >= 4 is 17.6 Å². The summed E-state index contributed by atoms with van der Waals surface area (Å²) in [5, 5.41) is 0.528. The van der Waals surface area contributed by atoms with E-state index in [1.165, 1.54) is 22.3 Å². The van der Waals surface area contributed by atoms with E-state index < -0.39 is 0 Å². The van der Waals surface area contributed by atoms with Crippen molar-refractivity contribution in [2.24, 2.45) is 0 Å². The van der Waals surface area contributed by atoms with E-state index >= 15 is 0 Å². The van der Waals surface area contributed by atoms with Crippen LogP contribution in [0.5, 0.6) is 0 Å². The van der Waals surface area contributed by atoms with Gasteiger partial charge in [0.05, 0.1) is 5.56 Å². The summed E-state index contributed by atoms with van der Waals surface area (Å²) in [5.74, 6) is -0.356. The van der Waals surface area contributed by atoms with Gasteiger partial charge in [-0.2, -0.15) is 0 Å². The zero-order chi connectivity index (χ0) is 16.5. The summed E-state index contributed by atoms with van der Waals surface area (Å²) in [6.07, 6.45) is 0.885. The van der Waals surface area contributed by atoms with Crippen LogP contribution in [0.1, 0.15) is 27.0 Å². The van der Waals surface area contributed by atoms with Gasteiger partial charge in [-0.15, -0.1) is 0 Å². The molecule has 2 nitrogen and oxygen atoms in total. The number of benzene rings is 3. The van der Waals surface area contributed by atoms with Crippen LogP contribution in [0.4, 0.5) is 0 Å². The highest BCUT2D eigenvalue weighted by Crippen LogP contribution is 2.38. The lowest BCUT2D eigenvalue weighted by Gasteiger charge is -2.10. The third-order valence-corrected chi connectivity index (χ3v) is 4.60. The van der Waals surface area contributed by atoms with Crippen molar-refractivity contribution in [3.8, 4) is 11.1 Å². The summed E-state index contributed by atoms with van der Waals surface area (Å²) < 4.78 is 5.50. The summed E-state index contributed by atoms with van der Waals surface area (Å²) in [4.78, 5) is 12.2. The molecule has 0 fully saturated rings. The molecule has 4 rings (SSSR count). The van der Waals surface area contributed by atoms with Gasteiger partial charge in [-0.3, -0.25) is 0 Å². The van der Waals surface area contributed by atoms with Gasteiger partial charge < -0.3 is 4.74 Å². The molecule has 0 heterocycles. The summed E-state index contributed by atoms with van der Waals surface area (Å²) in [7, 11) is 0. The van der Waals surface area contributed by atoms with Crippen LogP contribution in [-0.2, 0) is 17.8 Å². The number of hydrogen-bond donors (Lipinski definition) is 0. The van der Waals surface area contributed by atoms with Crippen LogP contribution in [0.25, 0.3) is 11.1 Å². The van der Waals surface area contributed by atoms with Gasteiger partial charge in [-0.05, 0) is 52.4 Å². The quantitative estimate of drug-likeness (QED) is 0.477. The molecule has 0 radical (unpaired) electrons. The molecule has 1 aliphatic carbocycles. The molecule has 0 amide bonds. The maximum absolute atomic E-state index is 12.2. The number of rotatable bonds is 3. The van der Waals surface area contributed by atoms with E-state index in [1.807, 2.05) is 12.1 Å². The smallest absolute Gasteiger partial charge is 0.338 e. The van der Waals surface area contributed by atoms with Crippen molar-refractivity contribution in [1.82, 2.24) is 0 Å². The minimum atomic E-state index is -0.356. The first-order valence-corrected chi connectivity index (χ1v) is 8.22. The van der Waals surface area contributed by atoms with E-state index in [2.05, 4.69) is 30.3 Å². The van der Waals surface area contributed by atoms with E-state index in [4.69, 9.17) is 16.3 Å². The Morgan fingerprint density at radius 3 is 2.62 bits per heavy atom. The lowest BCUT2D eigenvalue weighted by atomic mass is 10.0. The third-order valence-electron chi connectivity index (χ3n) is 4.37. The van der Waals surface area contributed by atoms with Crippen molar-refractivity contribution in [1.29, 1.82) is 0 Å². The zero-order valence-corrected chi connectivity index (χ0v) is 13.7. The molecule has 0 N–H and O–H groups in total. The molecule has 3 aromatic carbocycles. The lowest BCUT2D eigenvalue weighted by Crippen LogP contribution is -2.06. The largest absolute Gasteiger partial charge is 0.457 e. The molecule has 3 heteroatoms. The van der Waals surface area contributed by atoms with Gasteiger partial charge in [0, 0.05) is 5.02 Å². The maximum Gasteiger partial charge on any atom is 0.338 e. The maximum atomic E-state index is 12.2. The molecule has 118 valence electrons. The summed E-state index contributed by atoms with van der Waals surface area (Å²) in [6.45, 7) is 0.266. The zero-order valence-electron chi connectivity index (χ0n) is 13.0. The average Bonchev–Trinajstić information content (AvgIpc) is 2.99. The number of esters is 1. The Kier molecular flexibility index (Phi) is 3.83. The first-order chi connectivity index (χ1) is 11.7. The van der Waals surface area contributed by atoms with E-state index in [-0.39, 0.29) is 12.6 Å². The number of carbonyl (C=O) groups is 1. The second-order valence-electron chi connectivity index (χ2n) is 5.86. The van der Waals surface area contributed by atoms with E-state index in [1.54, 1.807) is 24.3 Å². The summed E-state index contributed by atoms with van der Waals surface area (Å²) in [5.41, 5.74) is 6.61. The van der Waals surface area contributed by atoms with Crippen molar-refractivity contribution in [2.45, 2.75) is 13.0 Å². The fourth-order valence-corrected chi connectivity index (χ4v) is 3.39. The van der Waals surface area contributed by atoms with Crippen molar-refractivity contribution < 1.29 is 9.53 Å². The second kappa shape index (κ2) is 6.14. The van der Waals surface area contributed by atoms with Gasteiger partial charge in [0.2, 0.25) is 0 Å². The topological polar surface area (TPSA) is 26.3 Å². The van der Waals surface area contributed by atoms with Gasteiger partial charge in [-0.25, -0.2) is 4.79 Å². The Hall–Kier alpha value is -2.58. The number of ether oxygens (including phenoxy) is 1. The molecular weight excluding hydrogens is 320 g/mol. The average molecular weight is 335 g/mol. The van der Waals surface area contributed by atoms with Crippen molar-refractivity contribution in [3.05, 3.63) is 94.0 Å². The van der Waals surface area contributed by atoms with Gasteiger partial charge in [0.15, 0.2) is 0 Å². The molecule has 0 aliphatic heterocycles. The second-order valence-corrected chi connectivity index (χ2v) is 6.30. The predicted molar refractivity (Wildman–Crippen MR) is 95.3 cm³/mol. The van der Waals surface area contributed by atoms with Crippen LogP contribution in [0.3, 0.4) is 0 Å². The fourth-order valence-electron chi connectivity index (χ4n) is 3.20. The Labute approximate surface area is 145 Å². The molecule has 0 saturated heterocycles. The van der Waals surface area contributed by atoms with Crippen LogP contribution >= 0.6 is 11.6 Å². The molecular formula is C21H15ClO2. The van der Waals surface area contributed by atoms with Crippen LogP contribution < -0.4 is 0 Å². The SMILES string of the molecule is O=C(OCc1cccc2c1Cc1ccccc1-2)c1cccc(Cl)c1. The van der Waals surface area contributed by atoms with Crippen molar-refractivity contribution in [3.63, 3.8) is 0 Å². The standard InChI is InChI=1S/C21H15ClO2/c22-17-8-3-6-15(11-17)21(23)24-13-16-7-4-10-19-18-9-2-1-5-14(18)12-20(16)19/h1-11H,12-13H2. The predicted octanol–water partition coefficient (Wildman–Crippen LogP) is 5.27. The van der Waals surface area contributed by atoms with Gasteiger partial charge >= 0.3 is 5.97 Å². The molecule has 0 saturated carbocycles. The highest BCUT2D eigenvalue weighted by atomic mass is 35.5. The van der Waals surface area contributed by atoms with Crippen LogP contribution in [0, 0.1) is 0 Å². The Morgan fingerprint density at radius 1 is 0.958 bits per heavy atom. The molecule has 0 aromatic heterocycles. The van der Waals surface area contributed by atoms with E-state index in [0.29, 0.717) is 10.6 Å². The number of halogens is 1. The molecule has 0 unspecified atom stereocenters. The van der Waals surface area contributed by atoms with Crippen molar-refractivity contribution in [2.75, 3.05) is 0 Å². The van der Waals surface area contributed by atoms with Crippen LogP contribution in [0.2, 0.25) is 5.02 Å². The molecule has 1 aliphatic rings. The number of carbonyl (C=O) groups excluding carboxylic acids is 1. The Morgan fingerprint density at radius 2 is 1.75 bits per heavy atom. The highest BCUT2D eigenvalue weighted by molar-refractivity contribution is 6.30. The lowest BCUT2D eigenvalue weighted by molar-refractivity contribution is 0.0472. The molecule has 3 aromatic rings. The normalized spacial score (nSPS) is 11.7. The van der Waals surface area contributed by atoms with Gasteiger partial charge in [0.1, 0.15) is 6.61 Å². The molecule has 0 spiro atoms. The van der Waals surface area contributed by atoms with Gasteiger partial charge in [0.25, 0.3) is 0 Å². The third kappa shape index (κ3) is 2.70. The van der Waals surface area contributed by atoms with E-state index in [0.717, 1.165) is 12.0 Å². The van der Waals surface area contributed by atoms with Crippen LogP contribution in [0.15, 0.2) is 66.7 Å². The first kappa shape index (κ1) is 15.0. The Bertz CT molecular complexity index is 931. The van der Waals surface area contributed by atoms with Gasteiger partial charge in [-0.1, -0.05) is 60.1 Å². The summed E-state index contributed by atoms with van der Waals surface area (Å²) >= 11 is 5.93. The molecule has 0 bridgehead atoms. The highest BCUT2D eigenvalue weighted by Gasteiger charge is 2.20. The number of hydrogen-bond acceptors (Lipinski definition) is 2. The monoisotopic (exact) mass is 334 g/mol. The molecule has 24 heavy (non-hydrogen) atoms. The van der Waals surface area contributed by atoms with E-state index in [9.17, 15) is 4.79 Å². The minimum Gasteiger partial charge on any atom is -0.457 e. The summed E-state index contributed by atoms with van der Waals surface area (Å²) in [6, 6.07) is 21.4. The number of fused-ring (bicyclic) bond motifs is 3.